The molecule has 0 radical (unpaired) electrons. The summed E-state index contributed by atoms with van der Waals surface area (Å²) in [5.74, 6) is -0.163. The summed E-state index contributed by atoms with van der Waals surface area (Å²) >= 11 is 1.29. The van der Waals surface area contributed by atoms with E-state index < -0.39 is 10.3 Å². The number of aromatic nitrogens is 1. The molecule has 3 rings (SSSR count). The van der Waals surface area contributed by atoms with Gasteiger partial charge in [0, 0.05) is 22.6 Å². The number of thiazole rings is 1. The van der Waals surface area contributed by atoms with Crippen LogP contribution in [0.25, 0.3) is 11.3 Å². The molecule has 27 heavy (non-hydrogen) atoms. The van der Waals surface area contributed by atoms with Gasteiger partial charge in [-0.3, -0.25) is 14.9 Å². The summed E-state index contributed by atoms with van der Waals surface area (Å²) in [6.45, 7) is 5.41. The Morgan fingerprint density at radius 1 is 1.19 bits per heavy atom. The zero-order valence-corrected chi connectivity index (χ0v) is 16.0. The Hall–Kier alpha value is -3.06. The van der Waals surface area contributed by atoms with Crippen LogP contribution in [0, 0.1) is 17.0 Å². The third kappa shape index (κ3) is 3.88. The molecule has 0 aliphatic carbocycles. The molecule has 7 heteroatoms. The number of aryl methyl sites for hydroxylation is 1. The Bertz CT molecular complexity index is 997. The fourth-order valence-electron chi connectivity index (χ4n) is 2.67. The highest BCUT2D eigenvalue weighted by Crippen LogP contribution is 2.31. The van der Waals surface area contributed by atoms with Crippen molar-refractivity contribution in [3.05, 3.63) is 75.2 Å². The average molecular weight is 381 g/mol. The number of hydrogen-bond acceptors (Lipinski definition) is 5. The molecular formula is C20H19N3O3S. The van der Waals surface area contributed by atoms with Gasteiger partial charge < -0.3 is 5.32 Å². The number of hydrogen-bond donors (Lipinski definition) is 1. The molecule has 6 nitrogen and oxygen atoms in total. The molecule has 0 saturated heterocycles. The third-order valence-electron chi connectivity index (χ3n) is 4.49. The van der Waals surface area contributed by atoms with Crippen molar-refractivity contribution < 1.29 is 9.72 Å². The Kier molecular flexibility index (Phi) is 5.05. The second kappa shape index (κ2) is 7.28. The molecule has 138 valence electrons. The van der Waals surface area contributed by atoms with Gasteiger partial charge in [0.15, 0.2) is 5.13 Å². The quantitative estimate of drug-likeness (QED) is 0.501. The molecule has 1 heterocycles. The van der Waals surface area contributed by atoms with Crippen LogP contribution < -0.4 is 5.32 Å². The van der Waals surface area contributed by atoms with Crippen molar-refractivity contribution in [3.63, 3.8) is 0 Å². The molecule has 1 amide bonds. The van der Waals surface area contributed by atoms with E-state index in [1.54, 1.807) is 24.4 Å². The van der Waals surface area contributed by atoms with E-state index in [1.165, 1.54) is 17.4 Å². The van der Waals surface area contributed by atoms with E-state index in [0.29, 0.717) is 22.0 Å². The number of carbonyl (C=O) groups excluding carboxylic acids is 1. The molecule has 0 saturated carbocycles. The number of nitro groups is 1. The SMILES string of the molecule is Cc1ccc(-c2csc(NC(=O)C(C)(C)c3ccccc3)n2)cc1[N+](=O)[O-]. The Morgan fingerprint density at radius 3 is 2.56 bits per heavy atom. The van der Waals surface area contributed by atoms with Crippen molar-refractivity contribution in [1.82, 2.24) is 4.98 Å². The zero-order valence-electron chi connectivity index (χ0n) is 15.2. The summed E-state index contributed by atoms with van der Waals surface area (Å²) in [6.07, 6.45) is 0. The first-order valence-corrected chi connectivity index (χ1v) is 9.25. The van der Waals surface area contributed by atoms with Gasteiger partial charge in [-0.15, -0.1) is 11.3 Å². The van der Waals surface area contributed by atoms with Crippen molar-refractivity contribution in [1.29, 1.82) is 0 Å². The van der Waals surface area contributed by atoms with Crippen molar-refractivity contribution in [2.45, 2.75) is 26.2 Å². The van der Waals surface area contributed by atoms with Crippen LogP contribution in [0.4, 0.5) is 10.8 Å². The number of anilines is 1. The maximum atomic E-state index is 12.7. The number of nitro benzene ring substituents is 1. The first-order chi connectivity index (χ1) is 12.8. The van der Waals surface area contributed by atoms with E-state index >= 15 is 0 Å². The Balaban J connectivity index is 1.81. The zero-order chi connectivity index (χ0) is 19.6. The second-order valence-corrected chi connectivity index (χ2v) is 7.60. The first kappa shape index (κ1) is 18.7. The van der Waals surface area contributed by atoms with Crippen LogP contribution in [0.1, 0.15) is 25.0 Å². The average Bonchev–Trinajstić information content (AvgIpc) is 3.11. The molecule has 0 bridgehead atoms. The maximum Gasteiger partial charge on any atom is 0.272 e. The van der Waals surface area contributed by atoms with E-state index in [4.69, 9.17) is 0 Å². The summed E-state index contributed by atoms with van der Waals surface area (Å²) in [4.78, 5) is 27.9. The minimum absolute atomic E-state index is 0.0521. The van der Waals surface area contributed by atoms with Gasteiger partial charge >= 0.3 is 0 Å². The highest BCUT2D eigenvalue weighted by Gasteiger charge is 2.30. The number of benzene rings is 2. The van der Waals surface area contributed by atoms with Gasteiger partial charge in [0.05, 0.1) is 16.0 Å². The number of amides is 1. The summed E-state index contributed by atoms with van der Waals surface area (Å²) in [5.41, 5.74) is 2.08. The van der Waals surface area contributed by atoms with Crippen LogP contribution >= 0.6 is 11.3 Å². The molecule has 1 N–H and O–H groups in total. The van der Waals surface area contributed by atoms with E-state index in [2.05, 4.69) is 10.3 Å². The molecule has 3 aromatic rings. The first-order valence-electron chi connectivity index (χ1n) is 8.37. The van der Waals surface area contributed by atoms with Gasteiger partial charge in [-0.2, -0.15) is 0 Å². The van der Waals surface area contributed by atoms with Gasteiger partial charge in [0.25, 0.3) is 5.69 Å². The van der Waals surface area contributed by atoms with Crippen molar-refractivity contribution >= 4 is 28.1 Å². The normalized spacial score (nSPS) is 11.2. The summed E-state index contributed by atoms with van der Waals surface area (Å²) in [6, 6.07) is 14.5. The van der Waals surface area contributed by atoms with Crippen LogP contribution in [-0.4, -0.2) is 15.8 Å². The third-order valence-corrected chi connectivity index (χ3v) is 5.25. The van der Waals surface area contributed by atoms with Gasteiger partial charge in [0.2, 0.25) is 5.91 Å². The molecule has 1 aromatic heterocycles. The standard InChI is InChI=1S/C20H19N3O3S/c1-13-9-10-14(11-17(13)23(25)26)16-12-27-19(21-16)22-18(24)20(2,3)15-7-5-4-6-8-15/h4-12H,1-3H3,(H,21,22,24). The van der Waals surface area contributed by atoms with Gasteiger partial charge in [-0.05, 0) is 26.3 Å². The molecule has 0 fully saturated rings. The molecule has 0 aliphatic rings. The van der Waals surface area contributed by atoms with Gasteiger partial charge in [-0.25, -0.2) is 4.98 Å². The Labute approximate surface area is 161 Å². The minimum atomic E-state index is -0.713. The van der Waals surface area contributed by atoms with Crippen LogP contribution in [0.2, 0.25) is 0 Å². The van der Waals surface area contributed by atoms with Crippen molar-refractivity contribution in [2.24, 2.45) is 0 Å². The van der Waals surface area contributed by atoms with E-state index in [-0.39, 0.29) is 11.6 Å². The molecule has 0 spiro atoms. The predicted molar refractivity (Wildman–Crippen MR) is 107 cm³/mol. The van der Waals surface area contributed by atoms with Crippen LogP contribution in [0.5, 0.6) is 0 Å². The van der Waals surface area contributed by atoms with E-state index in [0.717, 1.165) is 5.56 Å². The summed E-state index contributed by atoms with van der Waals surface area (Å²) in [7, 11) is 0. The van der Waals surface area contributed by atoms with Crippen LogP contribution in [-0.2, 0) is 10.2 Å². The number of carbonyl (C=O) groups is 1. The molecule has 0 unspecified atom stereocenters. The smallest absolute Gasteiger partial charge is 0.272 e. The molecular weight excluding hydrogens is 362 g/mol. The number of rotatable bonds is 5. The largest absolute Gasteiger partial charge is 0.301 e. The monoisotopic (exact) mass is 381 g/mol. The van der Waals surface area contributed by atoms with E-state index in [9.17, 15) is 14.9 Å². The van der Waals surface area contributed by atoms with Gasteiger partial charge in [-0.1, -0.05) is 42.5 Å². The van der Waals surface area contributed by atoms with Gasteiger partial charge in [0.1, 0.15) is 0 Å². The fourth-order valence-corrected chi connectivity index (χ4v) is 3.38. The minimum Gasteiger partial charge on any atom is -0.301 e. The molecule has 0 aliphatic heterocycles. The predicted octanol–water partition coefficient (Wildman–Crippen LogP) is 4.94. The lowest BCUT2D eigenvalue weighted by atomic mass is 9.84. The topological polar surface area (TPSA) is 85.1 Å². The second-order valence-electron chi connectivity index (χ2n) is 6.74. The maximum absolute atomic E-state index is 12.7. The van der Waals surface area contributed by atoms with Crippen LogP contribution in [0.15, 0.2) is 53.9 Å². The lowest BCUT2D eigenvalue weighted by Gasteiger charge is -2.23. The highest BCUT2D eigenvalue weighted by molar-refractivity contribution is 7.14. The lowest BCUT2D eigenvalue weighted by molar-refractivity contribution is -0.385. The molecule has 0 atom stereocenters. The lowest BCUT2D eigenvalue weighted by Crippen LogP contribution is -2.34. The fraction of sp³-hybridized carbons (Fsp3) is 0.200. The summed E-state index contributed by atoms with van der Waals surface area (Å²) < 4.78 is 0. The Morgan fingerprint density at radius 2 is 1.89 bits per heavy atom. The van der Waals surface area contributed by atoms with Crippen molar-refractivity contribution in [2.75, 3.05) is 5.32 Å². The van der Waals surface area contributed by atoms with Crippen LogP contribution in [0.3, 0.4) is 0 Å². The van der Waals surface area contributed by atoms with Crippen molar-refractivity contribution in [3.8, 4) is 11.3 Å². The molecule has 2 aromatic carbocycles. The number of nitrogens with zero attached hydrogens (tertiary/aromatic N) is 2. The highest BCUT2D eigenvalue weighted by atomic mass is 32.1. The summed E-state index contributed by atoms with van der Waals surface area (Å²) in [5, 5.41) is 16.2. The van der Waals surface area contributed by atoms with E-state index in [1.807, 2.05) is 44.2 Å². The number of nitrogens with one attached hydrogen (secondary N) is 1.